The first-order valence-corrected chi connectivity index (χ1v) is 8.67. The number of hydrogen-bond donors (Lipinski definition) is 0. The molecule has 0 amide bonds. The quantitative estimate of drug-likeness (QED) is 0.563. The number of allylic oxidation sites excluding steroid dienone is 3. The zero-order chi connectivity index (χ0) is 13.1. The van der Waals surface area contributed by atoms with Crippen LogP contribution < -0.4 is 0 Å². The average Bonchev–Trinajstić information content (AvgIpc) is 3.06. The van der Waals surface area contributed by atoms with Crippen molar-refractivity contribution in [3.8, 4) is 0 Å². The van der Waals surface area contributed by atoms with Gasteiger partial charge in [-0.1, -0.05) is 63.3 Å². The van der Waals surface area contributed by atoms with Gasteiger partial charge in [0.05, 0.1) is 0 Å². The van der Waals surface area contributed by atoms with E-state index in [-0.39, 0.29) is 0 Å². The molecule has 3 aliphatic carbocycles. The van der Waals surface area contributed by atoms with E-state index >= 15 is 0 Å². The van der Waals surface area contributed by atoms with Gasteiger partial charge < -0.3 is 0 Å². The van der Waals surface area contributed by atoms with Crippen LogP contribution in [0.4, 0.5) is 0 Å². The van der Waals surface area contributed by atoms with Gasteiger partial charge in [0.2, 0.25) is 0 Å². The minimum Gasteiger partial charge on any atom is -0.0991 e. The van der Waals surface area contributed by atoms with Crippen molar-refractivity contribution < 1.29 is 0 Å². The zero-order valence-electron chi connectivity index (χ0n) is 12.4. The third kappa shape index (κ3) is 2.98. The number of rotatable bonds is 4. The summed E-state index contributed by atoms with van der Waals surface area (Å²) in [5.74, 6) is 5.07. The fourth-order valence-electron chi connectivity index (χ4n) is 5.39. The highest BCUT2D eigenvalue weighted by Crippen LogP contribution is 2.52. The first-order valence-electron chi connectivity index (χ1n) is 8.67. The monoisotopic (exact) mass is 258 g/mol. The molecule has 0 aliphatic heterocycles. The molecule has 0 saturated heterocycles. The van der Waals surface area contributed by atoms with Crippen LogP contribution in [-0.2, 0) is 0 Å². The highest BCUT2D eigenvalue weighted by atomic mass is 14.5. The van der Waals surface area contributed by atoms with E-state index in [4.69, 9.17) is 0 Å². The van der Waals surface area contributed by atoms with Crippen molar-refractivity contribution in [1.29, 1.82) is 0 Å². The van der Waals surface area contributed by atoms with E-state index in [1.54, 1.807) is 6.42 Å². The molecule has 3 fully saturated rings. The largest absolute Gasteiger partial charge is 0.0991 e. The molecule has 19 heavy (non-hydrogen) atoms. The van der Waals surface area contributed by atoms with Gasteiger partial charge in [0.25, 0.3) is 0 Å². The van der Waals surface area contributed by atoms with Crippen molar-refractivity contribution in [2.45, 2.75) is 64.2 Å². The third-order valence-electron chi connectivity index (χ3n) is 6.21. The fourth-order valence-corrected chi connectivity index (χ4v) is 5.39. The predicted molar refractivity (Wildman–Crippen MR) is 83.0 cm³/mol. The van der Waals surface area contributed by atoms with Gasteiger partial charge in [-0.2, -0.15) is 0 Å². The van der Waals surface area contributed by atoms with E-state index in [0.717, 1.165) is 29.6 Å². The van der Waals surface area contributed by atoms with E-state index in [1.165, 1.54) is 57.8 Å². The summed E-state index contributed by atoms with van der Waals surface area (Å²) >= 11 is 0. The molecule has 4 unspecified atom stereocenters. The van der Waals surface area contributed by atoms with Crippen LogP contribution in [0.3, 0.4) is 0 Å². The lowest BCUT2D eigenvalue weighted by Gasteiger charge is -2.31. The summed E-state index contributed by atoms with van der Waals surface area (Å²) in [5, 5.41) is 0. The standard InChI is InChI=1S/C19H30/c1-2-3-10-16-14-17(13-15-8-4-5-9-15)19-12-7-6-11-18(16)19/h2-3,10,15-19H,1,4-9,11-14H2. The van der Waals surface area contributed by atoms with Gasteiger partial charge in [-0.25, -0.2) is 0 Å². The lowest BCUT2D eigenvalue weighted by molar-refractivity contribution is 0.195. The Balaban J connectivity index is 1.66. The van der Waals surface area contributed by atoms with Gasteiger partial charge in [0, 0.05) is 0 Å². The number of hydrogen-bond acceptors (Lipinski definition) is 0. The topological polar surface area (TPSA) is 0 Å². The number of fused-ring (bicyclic) bond motifs is 1. The van der Waals surface area contributed by atoms with Crippen LogP contribution in [0.15, 0.2) is 24.8 Å². The summed E-state index contributed by atoms with van der Waals surface area (Å²) in [6, 6.07) is 0. The van der Waals surface area contributed by atoms with Crippen LogP contribution in [0.1, 0.15) is 64.2 Å². The predicted octanol–water partition coefficient (Wildman–Crippen LogP) is 5.75. The Hall–Kier alpha value is -0.520. The molecule has 0 heteroatoms. The van der Waals surface area contributed by atoms with E-state index in [0.29, 0.717) is 0 Å². The van der Waals surface area contributed by atoms with Crippen molar-refractivity contribution in [1.82, 2.24) is 0 Å². The van der Waals surface area contributed by atoms with Gasteiger partial charge in [-0.3, -0.25) is 0 Å². The van der Waals surface area contributed by atoms with Crippen molar-refractivity contribution in [2.75, 3.05) is 0 Å². The summed E-state index contributed by atoms with van der Waals surface area (Å²) in [5.41, 5.74) is 0. The van der Waals surface area contributed by atoms with E-state index < -0.39 is 0 Å². The molecule has 0 radical (unpaired) electrons. The highest BCUT2D eigenvalue weighted by molar-refractivity contribution is 5.06. The molecule has 106 valence electrons. The first kappa shape index (κ1) is 13.5. The third-order valence-corrected chi connectivity index (χ3v) is 6.21. The van der Waals surface area contributed by atoms with Crippen LogP contribution >= 0.6 is 0 Å². The molecule has 0 bridgehead atoms. The summed E-state index contributed by atoms with van der Waals surface area (Å²) < 4.78 is 0. The van der Waals surface area contributed by atoms with Crippen molar-refractivity contribution >= 4 is 0 Å². The normalized spacial score (nSPS) is 39.8. The van der Waals surface area contributed by atoms with Gasteiger partial charge in [-0.15, -0.1) is 0 Å². The van der Waals surface area contributed by atoms with Crippen LogP contribution in [-0.4, -0.2) is 0 Å². The average molecular weight is 258 g/mol. The maximum Gasteiger partial charge on any atom is -0.0197 e. The van der Waals surface area contributed by atoms with E-state index in [1.807, 2.05) is 6.08 Å². The maximum atomic E-state index is 3.84. The van der Waals surface area contributed by atoms with Crippen molar-refractivity contribution in [3.05, 3.63) is 24.8 Å². The molecule has 0 nitrogen and oxygen atoms in total. The summed E-state index contributed by atoms with van der Waals surface area (Å²) in [6.07, 6.45) is 21.8. The zero-order valence-corrected chi connectivity index (χ0v) is 12.4. The molecule has 0 spiro atoms. The van der Waals surface area contributed by atoms with Crippen LogP contribution in [0.2, 0.25) is 0 Å². The lowest BCUT2D eigenvalue weighted by atomic mass is 9.74. The van der Waals surface area contributed by atoms with Gasteiger partial charge in [0.15, 0.2) is 0 Å². The van der Waals surface area contributed by atoms with Crippen LogP contribution in [0.25, 0.3) is 0 Å². The Kier molecular flexibility index (Phi) is 4.45. The Labute approximate surface area is 119 Å². The molecule has 0 aromatic carbocycles. The Morgan fingerprint density at radius 2 is 1.58 bits per heavy atom. The molecule has 3 saturated carbocycles. The molecular weight excluding hydrogens is 228 g/mol. The molecule has 4 atom stereocenters. The first-order chi connectivity index (χ1) is 9.38. The van der Waals surface area contributed by atoms with Crippen LogP contribution in [0, 0.1) is 29.6 Å². The van der Waals surface area contributed by atoms with Gasteiger partial charge in [-0.05, 0) is 55.3 Å². The van der Waals surface area contributed by atoms with E-state index in [9.17, 15) is 0 Å². The second-order valence-electron chi connectivity index (χ2n) is 7.28. The Morgan fingerprint density at radius 3 is 2.32 bits per heavy atom. The highest BCUT2D eigenvalue weighted by Gasteiger charge is 2.43. The van der Waals surface area contributed by atoms with Gasteiger partial charge >= 0.3 is 0 Å². The second-order valence-corrected chi connectivity index (χ2v) is 7.28. The minimum absolute atomic E-state index is 0.870. The molecule has 0 N–H and O–H groups in total. The summed E-state index contributed by atoms with van der Waals surface area (Å²) in [6.45, 7) is 3.84. The molecular formula is C19H30. The van der Waals surface area contributed by atoms with Gasteiger partial charge in [0.1, 0.15) is 0 Å². The maximum absolute atomic E-state index is 3.84. The fraction of sp³-hybridized carbons (Fsp3) is 0.789. The molecule has 3 rings (SSSR count). The van der Waals surface area contributed by atoms with Crippen molar-refractivity contribution in [2.24, 2.45) is 29.6 Å². The van der Waals surface area contributed by atoms with Crippen LogP contribution in [0.5, 0.6) is 0 Å². The summed E-state index contributed by atoms with van der Waals surface area (Å²) in [4.78, 5) is 0. The minimum atomic E-state index is 0.870. The summed E-state index contributed by atoms with van der Waals surface area (Å²) in [7, 11) is 0. The second kappa shape index (κ2) is 6.29. The Morgan fingerprint density at radius 1 is 0.895 bits per heavy atom. The molecule has 0 aromatic rings. The lowest BCUT2D eigenvalue weighted by Crippen LogP contribution is -2.22. The smallest absolute Gasteiger partial charge is 0.0197 e. The molecule has 0 aromatic heterocycles. The molecule has 3 aliphatic rings. The molecule has 0 heterocycles. The Bertz CT molecular complexity index is 321. The van der Waals surface area contributed by atoms with E-state index in [2.05, 4.69) is 18.7 Å². The SMILES string of the molecule is C=CC=CC1CC(CC2CCCC2)C2CCCCC12. The van der Waals surface area contributed by atoms with Crippen molar-refractivity contribution in [3.63, 3.8) is 0 Å².